The summed E-state index contributed by atoms with van der Waals surface area (Å²) in [6.07, 6.45) is 10.6. The third-order valence-corrected chi connectivity index (χ3v) is 12.7. The Bertz CT molecular complexity index is 2410. The van der Waals surface area contributed by atoms with Crippen molar-refractivity contribution in [2.24, 2.45) is 0 Å². The summed E-state index contributed by atoms with van der Waals surface area (Å²) in [7, 11) is 0. The first-order valence-corrected chi connectivity index (χ1v) is 19.4. The highest BCUT2D eigenvalue weighted by atomic mass is 15.2. The van der Waals surface area contributed by atoms with Crippen molar-refractivity contribution in [3.63, 3.8) is 0 Å². The molecule has 256 valence electrons. The van der Waals surface area contributed by atoms with Crippen LogP contribution in [0.3, 0.4) is 0 Å². The average molecular weight is 675 g/mol. The van der Waals surface area contributed by atoms with Crippen molar-refractivity contribution in [3.05, 3.63) is 174 Å². The van der Waals surface area contributed by atoms with Gasteiger partial charge in [0.1, 0.15) is 0 Å². The van der Waals surface area contributed by atoms with E-state index in [0.717, 1.165) is 12.8 Å². The van der Waals surface area contributed by atoms with Gasteiger partial charge in [0, 0.05) is 51.6 Å². The molecule has 3 aliphatic carbocycles. The Labute approximate surface area is 308 Å². The van der Waals surface area contributed by atoms with E-state index in [1.807, 2.05) is 0 Å². The van der Waals surface area contributed by atoms with Crippen LogP contribution in [0.15, 0.2) is 157 Å². The minimum atomic E-state index is 0.00395. The van der Waals surface area contributed by atoms with E-state index in [-0.39, 0.29) is 5.41 Å². The number of fused-ring (bicyclic) bond motifs is 7. The van der Waals surface area contributed by atoms with E-state index in [0.29, 0.717) is 18.0 Å². The molecule has 1 aliphatic heterocycles. The Morgan fingerprint density at radius 1 is 0.673 bits per heavy atom. The standard InChI is InChI=1S/C50H46N2/c1-33-15-13-18-36(31-33)52(48-26-14-25-47-49(48)41-22-10-12-24-45(41)51(47)35-16-5-4-6-17-35)46-30-28-37(38-19-7-8-21-40(38)46)34-27-29-44-42(32-34)39-20-9-11-23-43(39)50(44,2)3/h4-12,15-17,19-24,27-32,47-49H,13-14,18,25-26H2,1-3H3. The number of hydrogen-bond acceptors (Lipinski definition) is 2. The van der Waals surface area contributed by atoms with Crippen molar-refractivity contribution in [2.75, 3.05) is 9.80 Å². The zero-order valence-electron chi connectivity index (χ0n) is 30.5. The van der Waals surface area contributed by atoms with E-state index in [1.54, 1.807) is 0 Å². The average Bonchev–Trinajstić information content (AvgIpc) is 3.64. The van der Waals surface area contributed by atoms with Crippen LogP contribution >= 0.6 is 0 Å². The van der Waals surface area contributed by atoms with Crippen LogP contribution in [0.1, 0.15) is 75.5 Å². The topological polar surface area (TPSA) is 6.48 Å². The maximum atomic E-state index is 2.81. The third kappa shape index (κ3) is 4.77. The summed E-state index contributed by atoms with van der Waals surface area (Å²) in [6, 6.07) is 51.4. The molecule has 0 spiro atoms. The van der Waals surface area contributed by atoms with Crippen LogP contribution in [0.5, 0.6) is 0 Å². The Morgan fingerprint density at radius 3 is 2.29 bits per heavy atom. The van der Waals surface area contributed by atoms with E-state index in [4.69, 9.17) is 0 Å². The highest BCUT2D eigenvalue weighted by Crippen LogP contribution is 2.55. The summed E-state index contributed by atoms with van der Waals surface area (Å²) in [5.74, 6) is 0.399. The van der Waals surface area contributed by atoms with E-state index >= 15 is 0 Å². The number of allylic oxidation sites excluding steroid dienone is 4. The molecule has 52 heavy (non-hydrogen) atoms. The first kappa shape index (κ1) is 31.4. The minimum absolute atomic E-state index is 0.00395. The molecule has 0 N–H and O–H groups in total. The van der Waals surface area contributed by atoms with E-state index in [9.17, 15) is 0 Å². The molecule has 1 saturated carbocycles. The number of rotatable bonds is 5. The van der Waals surface area contributed by atoms with Gasteiger partial charge in [-0.05, 0) is 120 Å². The van der Waals surface area contributed by atoms with Gasteiger partial charge in [0.15, 0.2) is 0 Å². The quantitative estimate of drug-likeness (QED) is 0.180. The van der Waals surface area contributed by atoms with Gasteiger partial charge in [0.05, 0.1) is 0 Å². The minimum Gasteiger partial charge on any atom is -0.341 e. The normalized spacial score (nSPS) is 21.1. The second-order valence-electron chi connectivity index (χ2n) is 16.0. The van der Waals surface area contributed by atoms with Crippen molar-refractivity contribution in [3.8, 4) is 22.3 Å². The lowest BCUT2D eigenvalue weighted by molar-refractivity contribution is 0.345. The Balaban J connectivity index is 1.13. The zero-order valence-corrected chi connectivity index (χ0v) is 30.5. The lowest BCUT2D eigenvalue weighted by atomic mass is 9.76. The van der Waals surface area contributed by atoms with Crippen molar-refractivity contribution >= 4 is 27.8 Å². The fraction of sp³-hybridized carbons (Fsp3) is 0.240. The smallest absolute Gasteiger partial charge is 0.0491 e. The molecule has 3 unspecified atom stereocenters. The molecule has 0 bridgehead atoms. The molecular formula is C50H46N2. The van der Waals surface area contributed by atoms with Crippen LogP contribution in [-0.4, -0.2) is 12.1 Å². The molecule has 0 radical (unpaired) electrons. The molecule has 10 rings (SSSR count). The van der Waals surface area contributed by atoms with Crippen molar-refractivity contribution in [1.82, 2.24) is 0 Å². The van der Waals surface area contributed by atoms with Gasteiger partial charge in [-0.1, -0.05) is 129 Å². The summed E-state index contributed by atoms with van der Waals surface area (Å²) in [5, 5.41) is 2.66. The zero-order chi connectivity index (χ0) is 35.0. The summed E-state index contributed by atoms with van der Waals surface area (Å²) in [6.45, 7) is 7.01. The number of hydrogen-bond donors (Lipinski definition) is 0. The molecule has 1 heterocycles. The largest absolute Gasteiger partial charge is 0.341 e. The monoisotopic (exact) mass is 674 g/mol. The Kier molecular flexibility index (Phi) is 7.32. The van der Waals surface area contributed by atoms with Crippen LogP contribution < -0.4 is 9.80 Å². The van der Waals surface area contributed by atoms with Gasteiger partial charge in [-0.25, -0.2) is 0 Å². The van der Waals surface area contributed by atoms with Crippen molar-refractivity contribution in [2.45, 2.75) is 76.3 Å². The fourth-order valence-electron chi connectivity index (χ4n) is 10.4. The molecule has 1 fully saturated rings. The molecule has 2 nitrogen and oxygen atoms in total. The number of para-hydroxylation sites is 2. The van der Waals surface area contributed by atoms with Gasteiger partial charge in [-0.15, -0.1) is 0 Å². The Hall–Kier alpha value is -5.34. The first-order chi connectivity index (χ1) is 25.5. The molecule has 6 aromatic carbocycles. The van der Waals surface area contributed by atoms with Gasteiger partial charge in [0.25, 0.3) is 0 Å². The molecule has 0 amide bonds. The van der Waals surface area contributed by atoms with Gasteiger partial charge in [-0.3, -0.25) is 0 Å². The molecule has 0 saturated heterocycles. The molecule has 0 aromatic heterocycles. The summed E-state index contributed by atoms with van der Waals surface area (Å²) in [5.41, 5.74) is 16.5. The van der Waals surface area contributed by atoms with Crippen molar-refractivity contribution in [1.29, 1.82) is 0 Å². The molecule has 6 aromatic rings. The van der Waals surface area contributed by atoms with Crippen LogP contribution in [-0.2, 0) is 5.41 Å². The maximum absolute atomic E-state index is 2.81. The lowest BCUT2D eigenvalue weighted by Crippen LogP contribution is -2.47. The summed E-state index contributed by atoms with van der Waals surface area (Å²) < 4.78 is 0. The van der Waals surface area contributed by atoms with Crippen molar-refractivity contribution < 1.29 is 0 Å². The predicted molar refractivity (Wildman–Crippen MR) is 220 cm³/mol. The third-order valence-electron chi connectivity index (χ3n) is 12.7. The number of benzene rings is 6. The van der Waals surface area contributed by atoms with Gasteiger partial charge in [0.2, 0.25) is 0 Å². The summed E-state index contributed by atoms with van der Waals surface area (Å²) >= 11 is 0. The van der Waals surface area contributed by atoms with Crippen LogP contribution in [0.4, 0.5) is 17.1 Å². The molecule has 2 heteroatoms. The van der Waals surface area contributed by atoms with E-state index < -0.39 is 0 Å². The highest BCUT2D eigenvalue weighted by molar-refractivity contribution is 6.05. The predicted octanol–water partition coefficient (Wildman–Crippen LogP) is 13.1. The summed E-state index contributed by atoms with van der Waals surface area (Å²) in [4.78, 5) is 5.48. The van der Waals surface area contributed by atoms with E-state index in [2.05, 4.69) is 176 Å². The van der Waals surface area contributed by atoms with Crippen LogP contribution in [0, 0.1) is 0 Å². The number of anilines is 3. The Morgan fingerprint density at radius 2 is 1.42 bits per heavy atom. The van der Waals surface area contributed by atoms with Gasteiger partial charge in [-0.2, -0.15) is 0 Å². The molecular weight excluding hydrogens is 629 g/mol. The van der Waals surface area contributed by atoms with E-state index in [1.165, 1.54) is 97.3 Å². The van der Waals surface area contributed by atoms with Crippen LogP contribution in [0.25, 0.3) is 33.0 Å². The first-order valence-electron chi connectivity index (χ1n) is 19.4. The second kappa shape index (κ2) is 12.1. The fourth-order valence-corrected chi connectivity index (χ4v) is 10.4. The van der Waals surface area contributed by atoms with Crippen LogP contribution in [0.2, 0.25) is 0 Å². The maximum Gasteiger partial charge on any atom is 0.0491 e. The molecule has 4 aliphatic rings. The van der Waals surface area contributed by atoms with Gasteiger partial charge < -0.3 is 9.80 Å². The lowest BCUT2D eigenvalue weighted by Gasteiger charge is -2.46. The molecule has 3 atom stereocenters. The van der Waals surface area contributed by atoms with Gasteiger partial charge >= 0.3 is 0 Å². The number of nitrogens with zero attached hydrogens (tertiary/aromatic N) is 2. The highest BCUT2D eigenvalue weighted by Gasteiger charge is 2.48. The SMILES string of the molecule is CC1=CCCC(N(c2ccc(-c3ccc4c(c3)-c3ccccc3C4(C)C)c3ccccc23)C2CCCC3C2c2ccccc2N3c2ccccc2)=C1. The second-order valence-corrected chi connectivity index (χ2v) is 16.0.